The zero-order valence-corrected chi connectivity index (χ0v) is 10.6. The second kappa shape index (κ2) is 5.99. The van der Waals surface area contributed by atoms with E-state index in [1.54, 1.807) is 0 Å². The molecule has 0 aliphatic carbocycles. The molecule has 5 heteroatoms. The van der Waals surface area contributed by atoms with Crippen LogP contribution in [0.2, 0.25) is 5.02 Å². The highest BCUT2D eigenvalue weighted by molar-refractivity contribution is 6.31. The molecule has 2 aromatic rings. The summed E-state index contributed by atoms with van der Waals surface area (Å²) in [6.45, 7) is -0.306. The maximum Gasteiger partial charge on any atom is 0.125 e. The first-order valence-electron chi connectivity index (χ1n) is 5.56. The molecule has 0 spiro atoms. The Labute approximate surface area is 114 Å². The third kappa shape index (κ3) is 3.43. The number of halogens is 3. The van der Waals surface area contributed by atoms with Crippen molar-refractivity contribution in [3.63, 3.8) is 0 Å². The molecule has 19 heavy (non-hydrogen) atoms. The summed E-state index contributed by atoms with van der Waals surface area (Å²) in [6.07, 6.45) is 0. The molecular weight excluding hydrogens is 274 g/mol. The van der Waals surface area contributed by atoms with Crippen LogP contribution in [0.25, 0.3) is 0 Å². The van der Waals surface area contributed by atoms with Gasteiger partial charge in [0.05, 0.1) is 6.61 Å². The molecule has 0 saturated carbocycles. The summed E-state index contributed by atoms with van der Waals surface area (Å²) in [5, 5.41) is 9.49. The minimum Gasteiger partial charge on any atom is -0.488 e. The molecule has 0 atom stereocenters. The molecule has 0 aromatic heterocycles. The van der Waals surface area contributed by atoms with Crippen LogP contribution < -0.4 is 4.74 Å². The van der Waals surface area contributed by atoms with Gasteiger partial charge in [0.1, 0.15) is 24.0 Å². The van der Waals surface area contributed by atoms with E-state index >= 15 is 0 Å². The number of aliphatic hydroxyl groups excluding tert-OH is 1. The lowest BCUT2D eigenvalue weighted by atomic mass is 10.2. The summed E-state index contributed by atoms with van der Waals surface area (Å²) in [7, 11) is 0. The Bertz CT molecular complexity index is 588. The average molecular weight is 285 g/mol. The minimum atomic E-state index is -0.458. The molecule has 0 radical (unpaired) electrons. The van der Waals surface area contributed by atoms with Crippen LogP contribution in [0.5, 0.6) is 5.75 Å². The first-order valence-corrected chi connectivity index (χ1v) is 5.94. The van der Waals surface area contributed by atoms with Gasteiger partial charge in [0.25, 0.3) is 0 Å². The molecule has 0 aliphatic rings. The Balaban J connectivity index is 2.16. The standard InChI is InChI=1S/C14H11ClF2O2/c15-13-3-1-11(16)6-10(13)8-19-14-4-2-12(17)5-9(14)7-18/h1-6,18H,7-8H2. The normalized spacial score (nSPS) is 10.5. The number of hydrogen-bond donors (Lipinski definition) is 1. The molecule has 0 amide bonds. The summed E-state index contributed by atoms with van der Waals surface area (Å²) in [5.41, 5.74) is 0.808. The van der Waals surface area contributed by atoms with E-state index in [-0.39, 0.29) is 13.2 Å². The van der Waals surface area contributed by atoms with Crippen LogP contribution in [0.15, 0.2) is 36.4 Å². The van der Waals surface area contributed by atoms with E-state index < -0.39 is 11.6 Å². The van der Waals surface area contributed by atoms with E-state index in [1.807, 2.05) is 0 Å². The van der Waals surface area contributed by atoms with Crippen molar-refractivity contribution in [3.8, 4) is 5.75 Å². The van der Waals surface area contributed by atoms with Crippen LogP contribution in [0, 0.1) is 11.6 Å². The minimum absolute atomic E-state index is 0.0369. The lowest BCUT2D eigenvalue weighted by Gasteiger charge is -2.11. The van der Waals surface area contributed by atoms with Crippen molar-refractivity contribution >= 4 is 11.6 Å². The fourth-order valence-corrected chi connectivity index (χ4v) is 1.79. The van der Waals surface area contributed by atoms with Crippen LogP contribution in [0.4, 0.5) is 8.78 Å². The summed E-state index contributed by atoms with van der Waals surface area (Å²) in [6, 6.07) is 7.78. The first-order chi connectivity index (χ1) is 9.10. The smallest absolute Gasteiger partial charge is 0.125 e. The molecule has 2 aromatic carbocycles. The Morgan fingerprint density at radius 1 is 1.00 bits per heavy atom. The Kier molecular flexibility index (Phi) is 4.35. The van der Waals surface area contributed by atoms with Crippen molar-refractivity contribution in [1.82, 2.24) is 0 Å². The fourth-order valence-electron chi connectivity index (χ4n) is 1.62. The Morgan fingerprint density at radius 3 is 2.32 bits per heavy atom. The van der Waals surface area contributed by atoms with Crippen molar-refractivity contribution in [2.45, 2.75) is 13.2 Å². The number of benzene rings is 2. The van der Waals surface area contributed by atoms with Crippen molar-refractivity contribution in [1.29, 1.82) is 0 Å². The van der Waals surface area contributed by atoms with Gasteiger partial charge in [0.2, 0.25) is 0 Å². The third-order valence-corrected chi connectivity index (χ3v) is 2.95. The van der Waals surface area contributed by atoms with Gasteiger partial charge in [0.15, 0.2) is 0 Å². The molecule has 1 N–H and O–H groups in total. The molecule has 0 bridgehead atoms. The van der Waals surface area contributed by atoms with Crippen molar-refractivity contribution < 1.29 is 18.6 Å². The van der Waals surface area contributed by atoms with E-state index in [0.29, 0.717) is 21.9 Å². The molecular formula is C14H11ClF2O2. The maximum atomic E-state index is 13.1. The average Bonchev–Trinajstić information content (AvgIpc) is 2.40. The number of rotatable bonds is 4. The lowest BCUT2D eigenvalue weighted by molar-refractivity contribution is 0.258. The monoisotopic (exact) mass is 284 g/mol. The molecule has 100 valence electrons. The van der Waals surface area contributed by atoms with E-state index in [4.69, 9.17) is 21.4 Å². The van der Waals surface area contributed by atoms with Crippen LogP contribution in [-0.2, 0) is 13.2 Å². The summed E-state index contributed by atoms with van der Waals surface area (Å²) >= 11 is 5.91. The van der Waals surface area contributed by atoms with Crippen LogP contribution in [0.3, 0.4) is 0 Å². The summed E-state index contributed by atoms with van der Waals surface area (Å²) in [5.74, 6) is -0.533. The van der Waals surface area contributed by atoms with E-state index in [0.717, 1.165) is 0 Å². The van der Waals surface area contributed by atoms with Crippen LogP contribution in [-0.4, -0.2) is 5.11 Å². The highest BCUT2D eigenvalue weighted by atomic mass is 35.5. The van der Waals surface area contributed by atoms with Crippen molar-refractivity contribution in [3.05, 3.63) is 64.2 Å². The third-order valence-electron chi connectivity index (χ3n) is 2.58. The topological polar surface area (TPSA) is 29.5 Å². The fraction of sp³-hybridized carbons (Fsp3) is 0.143. The quantitative estimate of drug-likeness (QED) is 0.928. The van der Waals surface area contributed by atoms with Crippen LogP contribution >= 0.6 is 11.6 Å². The van der Waals surface area contributed by atoms with E-state index in [1.165, 1.54) is 36.4 Å². The zero-order chi connectivity index (χ0) is 13.8. The summed E-state index contributed by atoms with van der Waals surface area (Å²) in [4.78, 5) is 0. The summed E-state index contributed by atoms with van der Waals surface area (Å²) < 4.78 is 31.5. The second-order valence-corrected chi connectivity index (χ2v) is 4.34. The van der Waals surface area contributed by atoms with Gasteiger partial charge in [-0.2, -0.15) is 0 Å². The molecule has 0 unspecified atom stereocenters. The van der Waals surface area contributed by atoms with Crippen LogP contribution in [0.1, 0.15) is 11.1 Å². The van der Waals surface area contributed by atoms with E-state index in [2.05, 4.69) is 0 Å². The van der Waals surface area contributed by atoms with Gasteiger partial charge in [-0.1, -0.05) is 11.6 Å². The number of hydrogen-bond acceptors (Lipinski definition) is 2. The molecule has 0 fully saturated rings. The maximum absolute atomic E-state index is 13.1. The van der Waals surface area contributed by atoms with Gasteiger partial charge in [-0.15, -0.1) is 0 Å². The molecule has 0 saturated heterocycles. The van der Waals surface area contributed by atoms with E-state index in [9.17, 15) is 8.78 Å². The molecule has 0 heterocycles. The molecule has 2 rings (SSSR count). The number of ether oxygens (including phenoxy) is 1. The van der Waals surface area contributed by atoms with Crippen molar-refractivity contribution in [2.75, 3.05) is 0 Å². The SMILES string of the molecule is OCc1cc(F)ccc1OCc1cc(F)ccc1Cl. The van der Waals surface area contributed by atoms with Gasteiger partial charge < -0.3 is 9.84 Å². The van der Waals surface area contributed by atoms with Gasteiger partial charge in [-0.05, 0) is 36.4 Å². The highest BCUT2D eigenvalue weighted by Gasteiger charge is 2.07. The zero-order valence-electron chi connectivity index (χ0n) is 9.87. The lowest BCUT2D eigenvalue weighted by Crippen LogP contribution is -2.00. The Hall–Kier alpha value is -1.65. The molecule has 0 aliphatic heterocycles. The predicted molar refractivity (Wildman–Crippen MR) is 68.1 cm³/mol. The second-order valence-electron chi connectivity index (χ2n) is 3.93. The van der Waals surface area contributed by atoms with Gasteiger partial charge in [-0.25, -0.2) is 8.78 Å². The largest absolute Gasteiger partial charge is 0.488 e. The predicted octanol–water partition coefficient (Wildman–Crippen LogP) is 3.69. The van der Waals surface area contributed by atoms with Gasteiger partial charge >= 0.3 is 0 Å². The highest BCUT2D eigenvalue weighted by Crippen LogP contribution is 2.23. The number of aliphatic hydroxyl groups is 1. The first kappa shape index (κ1) is 13.8. The molecule has 2 nitrogen and oxygen atoms in total. The van der Waals surface area contributed by atoms with Gasteiger partial charge in [0, 0.05) is 16.1 Å². The van der Waals surface area contributed by atoms with Gasteiger partial charge in [-0.3, -0.25) is 0 Å². The Morgan fingerprint density at radius 2 is 1.63 bits per heavy atom. The van der Waals surface area contributed by atoms with Crippen molar-refractivity contribution in [2.24, 2.45) is 0 Å².